The van der Waals surface area contributed by atoms with Crippen LogP contribution in [0.3, 0.4) is 0 Å². The molecule has 100 valence electrons. The molecule has 0 aliphatic rings. The second-order valence-corrected chi connectivity index (χ2v) is 3.84. The summed E-state index contributed by atoms with van der Waals surface area (Å²) in [5, 5.41) is 2.84. The Balaban J connectivity index is 3.48. The van der Waals surface area contributed by atoms with Crippen molar-refractivity contribution in [2.75, 3.05) is 33.3 Å². The quantitative estimate of drug-likeness (QED) is 0.481. The fourth-order valence-corrected chi connectivity index (χ4v) is 1.43. The molecular formula is C12H24N2O3. The van der Waals surface area contributed by atoms with Gasteiger partial charge in [-0.1, -0.05) is 13.8 Å². The number of rotatable bonds is 9. The molecule has 0 rings (SSSR count). The molecule has 0 saturated heterocycles. The zero-order valence-corrected chi connectivity index (χ0v) is 11.1. The first-order chi connectivity index (χ1) is 8.13. The fraction of sp³-hybridized carbons (Fsp3) is 0.833. The molecule has 5 nitrogen and oxygen atoms in total. The van der Waals surface area contributed by atoms with Crippen molar-refractivity contribution in [2.45, 2.75) is 33.1 Å². The first-order valence-corrected chi connectivity index (χ1v) is 6.19. The maximum Gasteiger partial charge on any atom is 0.305 e. The van der Waals surface area contributed by atoms with Gasteiger partial charge >= 0.3 is 5.97 Å². The zero-order chi connectivity index (χ0) is 13.1. The lowest BCUT2D eigenvalue weighted by atomic mass is 10.2. The first-order valence-electron chi connectivity index (χ1n) is 6.19. The third-order valence-corrected chi connectivity index (χ3v) is 2.62. The van der Waals surface area contributed by atoms with Crippen LogP contribution in [-0.2, 0) is 14.3 Å². The van der Waals surface area contributed by atoms with E-state index in [-0.39, 0.29) is 11.9 Å². The van der Waals surface area contributed by atoms with Crippen molar-refractivity contribution < 1.29 is 14.3 Å². The van der Waals surface area contributed by atoms with Gasteiger partial charge in [-0.05, 0) is 25.9 Å². The third-order valence-electron chi connectivity index (χ3n) is 2.62. The molecule has 0 unspecified atom stereocenters. The predicted molar refractivity (Wildman–Crippen MR) is 66.7 cm³/mol. The van der Waals surface area contributed by atoms with Gasteiger partial charge < -0.3 is 10.1 Å². The number of methoxy groups -OCH3 is 1. The van der Waals surface area contributed by atoms with Gasteiger partial charge in [0.25, 0.3) is 0 Å². The van der Waals surface area contributed by atoms with Gasteiger partial charge in [-0.2, -0.15) is 0 Å². The van der Waals surface area contributed by atoms with Crippen LogP contribution in [0.2, 0.25) is 0 Å². The highest BCUT2D eigenvalue weighted by atomic mass is 16.5. The molecule has 0 fully saturated rings. The van der Waals surface area contributed by atoms with Gasteiger partial charge in [-0.15, -0.1) is 0 Å². The van der Waals surface area contributed by atoms with Crippen LogP contribution in [0, 0.1) is 0 Å². The Hall–Kier alpha value is -1.10. The number of nitrogens with zero attached hydrogens (tertiary/aromatic N) is 1. The van der Waals surface area contributed by atoms with E-state index < -0.39 is 0 Å². The zero-order valence-electron chi connectivity index (χ0n) is 11.1. The molecule has 0 aromatic carbocycles. The van der Waals surface area contributed by atoms with Crippen molar-refractivity contribution in [2.24, 2.45) is 0 Å². The Morgan fingerprint density at radius 3 is 2.35 bits per heavy atom. The Morgan fingerprint density at radius 1 is 1.18 bits per heavy atom. The molecule has 5 heteroatoms. The molecule has 0 saturated carbocycles. The van der Waals surface area contributed by atoms with Crippen LogP contribution in [0.5, 0.6) is 0 Å². The summed E-state index contributed by atoms with van der Waals surface area (Å²) in [6, 6.07) is 0. The maximum absolute atomic E-state index is 11.5. The number of carbonyl (C=O) groups excluding carboxylic acids is 2. The Morgan fingerprint density at radius 2 is 1.82 bits per heavy atom. The minimum atomic E-state index is -0.195. The van der Waals surface area contributed by atoms with E-state index in [0.29, 0.717) is 19.5 Å². The van der Waals surface area contributed by atoms with E-state index in [2.05, 4.69) is 15.0 Å². The monoisotopic (exact) mass is 244 g/mol. The largest absolute Gasteiger partial charge is 0.469 e. The predicted octanol–water partition coefficient (Wildman–Crippen LogP) is 0.788. The summed E-state index contributed by atoms with van der Waals surface area (Å²) in [5.74, 6) is -0.147. The van der Waals surface area contributed by atoms with Crippen molar-refractivity contribution in [3.63, 3.8) is 0 Å². The van der Waals surface area contributed by atoms with Gasteiger partial charge in [0, 0.05) is 13.0 Å². The van der Waals surface area contributed by atoms with Crippen LogP contribution in [-0.4, -0.2) is 50.1 Å². The van der Waals surface area contributed by atoms with E-state index in [0.717, 1.165) is 25.9 Å². The molecule has 0 aliphatic heterocycles. The Bertz CT molecular complexity index is 228. The van der Waals surface area contributed by atoms with E-state index >= 15 is 0 Å². The highest BCUT2D eigenvalue weighted by Crippen LogP contribution is 1.95. The van der Waals surface area contributed by atoms with Gasteiger partial charge in [-0.25, -0.2) is 0 Å². The molecule has 0 aromatic rings. The molecule has 0 aliphatic carbocycles. The van der Waals surface area contributed by atoms with Gasteiger partial charge in [0.05, 0.1) is 13.7 Å². The second kappa shape index (κ2) is 10.1. The Labute approximate surface area is 103 Å². The van der Waals surface area contributed by atoms with Gasteiger partial charge in [-0.3, -0.25) is 14.5 Å². The highest BCUT2D eigenvalue weighted by Gasteiger charge is 2.06. The Kier molecular flexibility index (Phi) is 9.43. The lowest BCUT2D eigenvalue weighted by molar-refractivity contribution is -0.140. The molecular weight excluding hydrogens is 220 g/mol. The summed E-state index contributed by atoms with van der Waals surface area (Å²) < 4.78 is 4.53. The van der Waals surface area contributed by atoms with E-state index in [1.165, 1.54) is 7.11 Å². The van der Waals surface area contributed by atoms with Crippen LogP contribution >= 0.6 is 0 Å². The highest BCUT2D eigenvalue weighted by molar-refractivity contribution is 5.77. The summed E-state index contributed by atoms with van der Waals surface area (Å²) in [6.45, 7) is 6.90. The van der Waals surface area contributed by atoms with E-state index in [4.69, 9.17) is 0 Å². The van der Waals surface area contributed by atoms with Crippen LogP contribution < -0.4 is 5.32 Å². The van der Waals surface area contributed by atoms with E-state index in [1.807, 2.05) is 13.8 Å². The average Bonchev–Trinajstić information content (AvgIpc) is 2.35. The topological polar surface area (TPSA) is 58.6 Å². The first kappa shape index (κ1) is 15.9. The number of nitrogens with one attached hydrogen (secondary N) is 1. The molecule has 17 heavy (non-hydrogen) atoms. The molecule has 0 aromatic heterocycles. The number of carbonyl (C=O) groups is 2. The van der Waals surface area contributed by atoms with Crippen molar-refractivity contribution in [1.82, 2.24) is 10.2 Å². The van der Waals surface area contributed by atoms with Gasteiger partial charge in [0.1, 0.15) is 0 Å². The standard InChI is InChI=1S/C12H24N2O3/c1-4-14(5-2)10-11(15)13-9-7-6-8-12(16)17-3/h4-10H2,1-3H3,(H,13,15). The van der Waals surface area contributed by atoms with Crippen LogP contribution in [0.1, 0.15) is 33.1 Å². The van der Waals surface area contributed by atoms with Crippen molar-refractivity contribution >= 4 is 11.9 Å². The molecule has 0 atom stereocenters. The number of hydrogen-bond acceptors (Lipinski definition) is 4. The lowest BCUT2D eigenvalue weighted by Crippen LogP contribution is -2.37. The molecule has 0 radical (unpaired) electrons. The number of esters is 1. The van der Waals surface area contributed by atoms with Gasteiger partial charge in [0.2, 0.25) is 5.91 Å². The lowest BCUT2D eigenvalue weighted by Gasteiger charge is -2.17. The van der Waals surface area contributed by atoms with Crippen LogP contribution in [0.15, 0.2) is 0 Å². The van der Waals surface area contributed by atoms with Crippen molar-refractivity contribution in [3.05, 3.63) is 0 Å². The SMILES string of the molecule is CCN(CC)CC(=O)NCCCCC(=O)OC. The van der Waals surface area contributed by atoms with E-state index in [1.54, 1.807) is 0 Å². The normalized spacial score (nSPS) is 10.4. The molecule has 0 heterocycles. The van der Waals surface area contributed by atoms with Crippen LogP contribution in [0.25, 0.3) is 0 Å². The molecule has 1 amide bonds. The fourth-order valence-electron chi connectivity index (χ4n) is 1.43. The second-order valence-electron chi connectivity index (χ2n) is 3.84. The smallest absolute Gasteiger partial charge is 0.305 e. The molecule has 0 spiro atoms. The van der Waals surface area contributed by atoms with Gasteiger partial charge in [0.15, 0.2) is 0 Å². The minimum absolute atomic E-state index is 0.0479. The average molecular weight is 244 g/mol. The maximum atomic E-state index is 11.5. The minimum Gasteiger partial charge on any atom is -0.469 e. The summed E-state index contributed by atoms with van der Waals surface area (Å²) in [7, 11) is 1.38. The summed E-state index contributed by atoms with van der Waals surface area (Å²) in [6.07, 6.45) is 1.97. The summed E-state index contributed by atoms with van der Waals surface area (Å²) in [5.41, 5.74) is 0. The summed E-state index contributed by atoms with van der Waals surface area (Å²) in [4.78, 5) is 24.4. The third kappa shape index (κ3) is 8.68. The van der Waals surface area contributed by atoms with Crippen molar-refractivity contribution in [1.29, 1.82) is 0 Å². The molecule has 1 N–H and O–H groups in total. The number of amides is 1. The van der Waals surface area contributed by atoms with Crippen LogP contribution in [0.4, 0.5) is 0 Å². The number of hydrogen-bond donors (Lipinski definition) is 1. The molecule has 0 bridgehead atoms. The number of ether oxygens (including phenoxy) is 1. The van der Waals surface area contributed by atoms with Crippen molar-refractivity contribution in [3.8, 4) is 0 Å². The number of likely N-dealkylation sites (N-methyl/N-ethyl adjacent to an activating group) is 1. The van der Waals surface area contributed by atoms with E-state index in [9.17, 15) is 9.59 Å². The number of unbranched alkanes of at least 4 members (excludes halogenated alkanes) is 1. The summed E-state index contributed by atoms with van der Waals surface area (Å²) >= 11 is 0.